The number of rotatable bonds is 2. The van der Waals surface area contributed by atoms with Crippen molar-refractivity contribution in [3.8, 4) is 5.69 Å². The third kappa shape index (κ3) is 2.24. The highest BCUT2D eigenvalue weighted by Crippen LogP contribution is 2.23. The highest BCUT2D eigenvalue weighted by molar-refractivity contribution is 5.30. The average Bonchev–Trinajstić information content (AvgIpc) is 3.13. The number of aromatic nitrogens is 4. The lowest BCUT2D eigenvalue weighted by atomic mass is 10.2. The van der Waals surface area contributed by atoms with E-state index in [-0.39, 0.29) is 0 Å². The van der Waals surface area contributed by atoms with Crippen LogP contribution in [-0.2, 0) is 12.8 Å². The first kappa shape index (κ1) is 13.0. The maximum atomic E-state index is 4.62. The van der Waals surface area contributed by atoms with E-state index in [1.54, 1.807) is 17.2 Å². The van der Waals surface area contributed by atoms with Crippen molar-refractivity contribution in [2.45, 2.75) is 26.2 Å². The second-order valence-corrected chi connectivity index (χ2v) is 5.52. The number of pyridine rings is 2. The van der Waals surface area contributed by atoms with Crippen molar-refractivity contribution >= 4 is 0 Å². The number of aryl methyl sites for hydroxylation is 1. The van der Waals surface area contributed by atoms with Crippen molar-refractivity contribution in [3.05, 3.63) is 71.4 Å². The number of nitrogens with zero attached hydrogens (tertiary/aromatic N) is 5. The first-order chi connectivity index (χ1) is 10.8. The van der Waals surface area contributed by atoms with Crippen LogP contribution in [0, 0.1) is 6.92 Å². The number of hydrogen-bond acceptors (Lipinski definition) is 3. The summed E-state index contributed by atoms with van der Waals surface area (Å²) in [5, 5.41) is 10.1. The summed E-state index contributed by atoms with van der Waals surface area (Å²) < 4.78 is 2.04. The van der Waals surface area contributed by atoms with Gasteiger partial charge >= 0.3 is 0 Å². The van der Waals surface area contributed by atoms with Crippen LogP contribution in [0.2, 0.25) is 0 Å². The van der Waals surface area contributed by atoms with Gasteiger partial charge in [0.2, 0.25) is 0 Å². The van der Waals surface area contributed by atoms with Gasteiger partial charge < -0.3 is 4.57 Å². The molecule has 0 amide bonds. The van der Waals surface area contributed by atoms with Crippen LogP contribution in [0.4, 0.5) is 0 Å². The molecule has 0 saturated heterocycles. The summed E-state index contributed by atoms with van der Waals surface area (Å²) in [6.45, 7) is 2.10. The van der Waals surface area contributed by atoms with Crippen molar-refractivity contribution in [2.24, 2.45) is 5.10 Å². The van der Waals surface area contributed by atoms with E-state index in [1.807, 2.05) is 41.2 Å². The molecule has 0 aliphatic heterocycles. The third-order valence-corrected chi connectivity index (χ3v) is 4.12. The van der Waals surface area contributed by atoms with Crippen molar-refractivity contribution < 1.29 is 0 Å². The average molecular weight is 291 g/mol. The minimum absolute atomic E-state index is 0.898. The zero-order chi connectivity index (χ0) is 14.9. The molecular formula is C17H17N5. The second kappa shape index (κ2) is 5.26. The topological polar surface area (TPSA) is 48.0 Å². The van der Waals surface area contributed by atoms with Gasteiger partial charge in [0.15, 0.2) is 0 Å². The summed E-state index contributed by atoms with van der Waals surface area (Å²) >= 11 is 0. The quantitative estimate of drug-likeness (QED) is 0.727. The zero-order valence-corrected chi connectivity index (χ0v) is 12.5. The van der Waals surface area contributed by atoms with Crippen LogP contribution in [0.3, 0.4) is 0 Å². The monoisotopic (exact) mass is 291 g/mol. The Morgan fingerprint density at radius 2 is 1.82 bits per heavy atom. The summed E-state index contributed by atoms with van der Waals surface area (Å²) in [5.41, 5.74) is 4.84. The fraction of sp³-hybridized carbons (Fsp3) is 0.235. The Hall–Kier alpha value is -2.69. The second-order valence-electron chi connectivity index (χ2n) is 5.52. The van der Waals surface area contributed by atoms with Gasteiger partial charge in [-0.1, -0.05) is 0 Å². The van der Waals surface area contributed by atoms with Gasteiger partial charge in [-0.05, 0) is 56.0 Å². The molecule has 0 atom stereocenters. The molecule has 0 unspecified atom stereocenters. The normalized spacial score (nSPS) is 13.1. The van der Waals surface area contributed by atoms with Crippen LogP contribution in [0.5, 0.6) is 0 Å². The molecular weight excluding hydrogens is 274 g/mol. The van der Waals surface area contributed by atoms with E-state index < -0.39 is 0 Å². The van der Waals surface area contributed by atoms with Crippen LogP contribution in [0.1, 0.15) is 23.4 Å². The van der Waals surface area contributed by atoms with Gasteiger partial charge in [-0.25, -0.2) is 0 Å². The molecule has 0 N–H and O–H groups in total. The summed E-state index contributed by atoms with van der Waals surface area (Å²) in [7, 11) is 0. The van der Waals surface area contributed by atoms with Gasteiger partial charge in [-0.15, -0.1) is 0 Å². The van der Waals surface area contributed by atoms with Gasteiger partial charge in [0.1, 0.15) is 0 Å². The highest BCUT2D eigenvalue weighted by Gasteiger charge is 2.19. The van der Waals surface area contributed by atoms with Crippen LogP contribution in [0.25, 0.3) is 5.69 Å². The fourth-order valence-corrected chi connectivity index (χ4v) is 2.92. The highest BCUT2D eigenvalue weighted by atomic mass is 15.5. The van der Waals surface area contributed by atoms with Crippen molar-refractivity contribution in [1.82, 2.24) is 19.4 Å². The molecule has 110 valence electrons. The Labute approximate surface area is 128 Å². The maximum Gasteiger partial charge on any atom is 0.0886 e. The summed E-state index contributed by atoms with van der Waals surface area (Å²) in [6.07, 6.45) is 11.0. The van der Waals surface area contributed by atoms with Gasteiger partial charge in [0.25, 0.3) is 0 Å². The largest absolute Gasteiger partial charge is 0.324 e. The number of hydrogen-bond donors (Lipinski definition) is 0. The molecule has 1 aliphatic carbocycles. The van der Waals surface area contributed by atoms with E-state index in [9.17, 15) is 0 Å². The molecule has 0 spiro atoms. The smallest absolute Gasteiger partial charge is 0.0886 e. The predicted octanol–water partition coefficient (Wildman–Crippen LogP) is 2.23. The lowest BCUT2D eigenvalue weighted by Gasteiger charge is -2.04. The molecule has 3 aromatic rings. The molecule has 5 nitrogen and oxygen atoms in total. The van der Waals surface area contributed by atoms with Gasteiger partial charge in [0.05, 0.1) is 16.7 Å². The minimum Gasteiger partial charge on any atom is -0.324 e. The Morgan fingerprint density at radius 1 is 1.05 bits per heavy atom. The summed E-state index contributed by atoms with van der Waals surface area (Å²) in [5.74, 6) is 0. The van der Waals surface area contributed by atoms with E-state index in [0.29, 0.717) is 0 Å². The van der Waals surface area contributed by atoms with Crippen molar-refractivity contribution in [1.29, 1.82) is 0 Å². The van der Waals surface area contributed by atoms with E-state index in [4.69, 9.17) is 0 Å². The fourth-order valence-electron chi connectivity index (χ4n) is 2.92. The van der Waals surface area contributed by atoms with E-state index in [1.165, 1.54) is 23.4 Å². The van der Waals surface area contributed by atoms with Crippen molar-refractivity contribution in [2.75, 3.05) is 0 Å². The molecule has 4 rings (SSSR count). The molecule has 1 aliphatic rings. The number of fused-ring (bicyclic) bond motifs is 1. The summed E-state index contributed by atoms with van der Waals surface area (Å²) in [4.78, 5) is 5.81. The van der Waals surface area contributed by atoms with E-state index in [0.717, 1.165) is 23.9 Å². The minimum atomic E-state index is 0.898. The standard InChI is InChI=1S/C17H17N5/c1-13-16-3-2-4-17(16)20-22(13)19-14-7-11-21(12-8-14)15-5-9-18-10-6-15/h5-12H,2-4H2,1H3. The molecule has 0 radical (unpaired) electrons. The maximum absolute atomic E-state index is 4.62. The Morgan fingerprint density at radius 3 is 2.55 bits per heavy atom. The van der Waals surface area contributed by atoms with Gasteiger partial charge in [-0.3, -0.25) is 4.98 Å². The molecule has 0 saturated carbocycles. The molecule has 3 aromatic heterocycles. The van der Waals surface area contributed by atoms with Crippen LogP contribution in [0.15, 0.2) is 54.2 Å². The Kier molecular flexibility index (Phi) is 3.11. The van der Waals surface area contributed by atoms with Gasteiger partial charge in [0, 0.05) is 30.5 Å². The molecule has 0 fully saturated rings. The first-order valence-electron chi connectivity index (χ1n) is 7.52. The van der Waals surface area contributed by atoms with Crippen LogP contribution in [-0.4, -0.2) is 19.4 Å². The van der Waals surface area contributed by atoms with Gasteiger partial charge in [-0.2, -0.15) is 15.0 Å². The molecule has 5 heteroatoms. The molecule has 22 heavy (non-hydrogen) atoms. The Bertz CT molecular complexity index is 853. The lowest BCUT2D eigenvalue weighted by molar-refractivity contribution is 0.664. The SMILES string of the molecule is Cc1c2c(nn1N=c1ccn(-c3ccncc3)cc1)CCC2. The predicted molar refractivity (Wildman–Crippen MR) is 83.5 cm³/mol. The molecule has 0 aromatic carbocycles. The van der Waals surface area contributed by atoms with E-state index >= 15 is 0 Å². The first-order valence-corrected chi connectivity index (χ1v) is 7.52. The van der Waals surface area contributed by atoms with Crippen LogP contribution >= 0.6 is 0 Å². The summed E-state index contributed by atoms with van der Waals surface area (Å²) in [6, 6.07) is 7.93. The lowest BCUT2D eigenvalue weighted by Crippen LogP contribution is -2.09. The van der Waals surface area contributed by atoms with Crippen molar-refractivity contribution in [3.63, 3.8) is 0 Å². The van der Waals surface area contributed by atoms with E-state index in [2.05, 4.69) is 22.1 Å². The zero-order valence-electron chi connectivity index (χ0n) is 12.5. The molecule has 0 bridgehead atoms. The third-order valence-electron chi connectivity index (χ3n) is 4.12. The Balaban J connectivity index is 1.69. The van der Waals surface area contributed by atoms with Crippen LogP contribution < -0.4 is 5.36 Å². The molecule has 3 heterocycles.